The van der Waals surface area contributed by atoms with Gasteiger partial charge in [-0.2, -0.15) is 5.10 Å². The van der Waals surface area contributed by atoms with Crippen molar-refractivity contribution in [2.45, 2.75) is 104 Å². The molecule has 13 nitrogen and oxygen atoms in total. The van der Waals surface area contributed by atoms with Crippen molar-refractivity contribution in [3.63, 3.8) is 0 Å². The van der Waals surface area contributed by atoms with Crippen LogP contribution in [0.3, 0.4) is 0 Å². The van der Waals surface area contributed by atoms with Gasteiger partial charge in [0.15, 0.2) is 0 Å². The van der Waals surface area contributed by atoms with Crippen LogP contribution in [0.4, 0.5) is 10.5 Å². The number of carbonyl (C=O) groups is 3. The topological polar surface area (TPSA) is 157 Å². The lowest BCUT2D eigenvalue weighted by Crippen LogP contribution is -2.57. The largest absolute Gasteiger partial charge is 0.507 e. The van der Waals surface area contributed by atoms with Gasteiger partial charge in [0.2, 0.25) is 18.1 Å². The number of aromatic hydroxyl groups is 1. The van der Waals surface area contributed by atoms with Crippen LogP contribution in [0.1, 0.15) is 94.0 Å². The second-order valence-corrected chi connectivity index (χ2v) is 16.1. The van der Waals surface area contributed by atoms with E-state index in [2.05, 4.69) is 32.7 Å². The molecule has 2 aliphatic rings. The summed E-state index contributed by atoms with van der Waals surface area (Å²) in [6.45, 7) is 10.1. The normalized spacial score (nSPS) is 17.6. The van der Waals surface area contributed by atoms with Crippen molar-refractivity contribution >= 4 is 29.3 Å². The Balaban J connectivity index is 1.14. The summed E-state index contributed by atoms with van der Waals surface area (Å²) in [6, 6.07) is 18.4. The Morgan fingerprint density at radius 3 is 2.46 bits per heavy atom. The molecule has 0 saturated carbocycles. The van der Waals surface area contributed by atoms with E-state index in [0.717, 1.165) is 54.4 Å². The van der Waals surface area contributed by atoms with Crippen LogP contribution in [0.25, 0.3) is 11.3 Å². The quantitative estimate of drug-likeness (QED) is 0.0862. The second-order valence-electron chi connectivity index (χ2n) is 16.1. The van der Waals surface area contributed by atoms with Crippen molar-refractivity contribution in [1.82, 2.24) is 20.0 Å². The fraction of sp³-hybridized carbons (Fsp3) is 0.413. The van der Waals surface area contributed by atoms with Gasteiger partial charge in [0.25, 0.3) is 0 Å². The molecule has 0 radical (unpaired) electrons. The van der Waals surface area contributed by atoms with E-state index in [1.54, 1.807) is 55.6 Å². The van der Waals surface area contributed by atoms with Crippen molar-refractivity contribution in [2.24, 2.45) is 12.2 Å². The zero-order chi connectivity index (χ0) is 42.1. The monoisotopic (exact) mass is 802 g/mol. The number of ether oxygens (including phenoxy) is 2. The molecule has 0 spiro atoms. The molecule has 1 aromatic heterocycles. The summed E-state index contributed by atoms with van der Waals surface area (Å²) >= 11 is 0. The lowest BCUT2D eigenvalue weighted by atomic mass is 9.97. The van der Waals surface area contributed by atoms with Crippen LogP contribution in [-0.4, -0.2) is 80.5 Å². The molecule has 3 aromatic carbocycles. The lowest BCUT2D eigenvalue weighted by Gasteiger charge is -2.37. The number of oxime groups is 1. The summed E-state index contributed by atoms with van der Waals surface area (Å²) in [5, 5.41) is 25.1. The number of carbonyl (C=O) groups excluding carboxylic acids is 3. The third-order valence-corrected chi connectivity index (χ3v) is 10.1. The van der Waals surface area contributed by atoms with Crippen LogP contribution in [-0.2, 0) is 37.4 Å². The van der Waals surface area contributed by atoms with Crippen molar-refractivity contribution < 1.29 is 33.8 Å². The first kappa shape index (κ1) is 42.5. The van der Waals surface area contributed by atoms with Crippen molar-refractivity contribution in [3.05, 3.63) is 101 Å². The predicted octanol–water partition coefficient (Wildman–Crippen LogP) is 7.22. The Kier molecular flexibility index (Phi) is 13.7. The second kappa shape index (κ2) is 19.1. The van der Waals surface area contributed by atoms with Gasteiger partial charge in [-0.25, -0.2) is 4.79 Å². The smallest absolute Gasteiger partial charge is 0.408 e. The number of aryl methyl sites for hydroxylation is 2. The molecule has 3 N–H and O–H groups in total. The summed E-state index contributed by atoms with van der Waals surface area (Å²) < 4.78 is 12.8. The number of hydrogen-bond donors (Lipinski definition) is 3. The highest BCUT2D eigenvalue weighted by atomic mass is 16.8. The molecule has 2 saturated heterocycles. The minimum absolute atomic E-state index is 0.129. The van der Waals surface area contributed by atoms with Gasteiger partial charge < -0.3 is 35.0 Å². The van der Waals surface area contributed by atoms with E-state index in [0.29, 0.717) is 47.8 Å². The molecule has 13 heteroatoms. The zero-order valence-corrected chi connectivity index (χ0v) is 34.7. The molecule has 4 aromatic rings. The van der Waals surface area contributed by atoms with E-state index < -0.39 is 23.8 Å². The number of anilines is 1. The van der Waals surface area contributed by atoms with Gasteiger partial charge in [0.05, 0.1) is 17.9 Å². The number of amides is 3. The van der Waals surface area contributed by atoms with E-state index in [-0.39, 0.29) is 30.3 Å². The summed E-state index contributed by atoms with van der Waals surface area (Å²) in [5.74, 6) is 5.79. The van der Waals surface area contributed by atoms with Crippen LogP contribution in [0.15, 0.2) is 78.1 Å². The first-order chi connectivity index (χ1) is 28.2. The van der Waals surface area contributed by atoms with Crippen LogP contribution < -0.4 is 10.6 Å². The molecule has 3 atom stereocenters. The summed E-state index contributed by atoms with van der Waals surface area (Å²) in [5.41, 5.74) is 5.70. The highest BCUT2D eigenvalue weighted by Gasteiger charge is 2.37. The molecular weight excluding hydrogens is 749 g/mol. The van der Waals surface area contributed by atoms with Crippen molar-refractivity contribution in [3.8, 4) is 28.8 Å². The third kappa shape index (κ3) is 11.7. The number of nitrogens with zero attached hydrogens (tertiary/aromatic N) is 4. The van der Waals surface area contributed by atoms with Gasteiger partial charge in [0.1, 0.15) is 29.1 Å². The Labute approximate surface area is 346 Å². The predicted molar refractivity (Wildman–Crippen MR) is 226 cm³/mol. The van der Waals surface area contributed by atoms with E-state index >= 15 is 0 Å². The Hall–Kier alpha value is -6.13. The lowest BCUT2D eigenvalue weighted by molar-refractivity contribution is -0.162. The average Bonchev–Trinajstić information content (AvgIpc) is 3.59. The van der Waals surface area contributed by atoms with Gasteiger partial charge in [-0.3, -0.25) is 14.3 Å². The molecule has 6 rings (SSSR count). The van der Waals surface area contributed by atoms with E-state index in [9.17, 15) is 19.5 Å². The van der Waals surface area contributed by atoms with Crippen LogP contribution >= 0.6 is 0 Å². The van der Waals surface area contributed by atoms with E-state index in [4.69, 9.17) is 14.3 Å². The van der Waals surface area contributed by atoms with Gasteiger partial charge in [-0.05, 0) is 114 Å². The molecule has 310 valence electrons. The zero-order valence-electron chi connectivity index (χ0n) is 34.7. The number of piperidine rings is 1. The standard InChI is InChI=1S/C46H54N6O7/c1-30-13-24-40(53)37(27-30)42-35(29-51(6)49-42)21-14-32-17-22-36(23-18-32)47-43(54)39-11-7-9-25-52(39)44(55)38(48-45(56)58-46(3,4)5)28-33-15-19-34(20-16-33)31(2)50-59-41-12-8-10-26-57-41/h13,15-20,22-24,27,29,38-39,41,53H,7-12,25-26,28H2,1-6H3,(H,47,54)(H,48,56)/b50-31+/t38-,39?,41?/m0/s1. The SMILES string of the molecule is C/C(=N\OC1CCCCO1)c1ccc(C[C@H](NC(=O)OC(C)(C)C)C(=O)N2CCCCC2C(=O)Nc2ccc(C#Cc3cn(C)nc3-c3cc(C)ccc3O)cc2)cc1. The number of rotatable bonds is 10. The van der Waals surface area contributed by atoms with E-state index in [1.807, 2.05) is 68.6 Å². The molecule has 3 heterocycles. The van der Waals surface area contributed by atoms with Gasteiger partial charge >= 0.3 is 6.09 Å². The Morgan fingerprint density at radius 2 is 1.75 bits per heavy atom. The van der Waals surface area contributed by atoms with Crippen LogP contribution in [0.2, 0.25) is 0 Å². The summed E-state index contributed by atoms with van der Waals surface area (Å²) in [4.78, 5) is 48.5. The maximum Gasteiger partial charge on any atom is 0.408 e. The fourth-order valence-corrected chi connectivity index (χ4v) is 7.04. The van der Waals surface area contributed by atoms with Crippen molar-refractivity contribution in [1.29, 1.82) is 0 Å². The van der Waals surface area contributed by atoms with E-state index in [1.165, 1.54) is 0 Å². The number of benzene rings is 3. The molecule has 2 unspecified atom stereocenters. The van der Waals surface area contributed by atoms with Crippen LogP contribution in [0, 0.1) is 18.8 Å². The summed E-state index contributed by atoms with van der Waals surface area (Å²) in [6.07, 6.45) is 5.77. The first-order valence-electron chi connectivity index (χ1n) is 20.2. The number of phenolic OH excluding ortho intramolecular Hbond substituents is 1. The van der Waals surface area contributed by atoms with Gasteiger partial charge in [0, 0.05) is 49.4 Å². The maximum atomic E-state index is 14.4. The number of phenols is 1. The number of nitrogens with one attached hydrogen (secondary N) is 2. The number of alkyl carbamates (subject to hydrolysis) is 1. The molecule has 0 bridgehead atoms. The Bertz CT molecular complexity index is 2210. The number of aromatic nitrogens is 2. The molecular formula is C46H54N6O7. The molecule has 0 aliphatic carbocycles. The molecule has 2 aliphatic heterocycles. The average molecular weight is 803 g/mol. The Morgan fingerprint density at radius 1 is 1.00 bits per heavy atom. The minimum Gasteiger partial charge on any atom is -0.507 e. The van der Waals surface area contributed by atoms with Crippen molar-refractivity contribution in [2.75, 3.05) is 18.5 Å². The first-order valence-corrected chi connectivity index (χ1v) is 20.2. The van der Waals surface area contributed by atoms with Gasteiger partial charge in [-0.15, -0.1) is 0 Å². The number of hydrogen-bond acceptors (Lipinski definition) is 9. The molecule has 2 fully saturated rings. The maximum absolute atomic E-state index is 14.4. The molecule has 59 heavy (non-hydrogen) atoms. The molecule has 3 amide bonds. The highest BCUT2D eigenvalue weighted by molar-refractivity contribution is 5.99. The summed E-state index contributed by atoms with van der Waals surface area (Å²) in [7, 11) is 1.81. The highest BCUT2D eigenvalue weighted by Crippen LogP contribution is 2.31. The number of likely N-dealkylation sites (tertiary alicyclic amines) is 1. The fourth-order valence-electron chi connectivity index (χ4n) is 7.04. The minimum atomic E-state index is -0.987. The van der Waals surface area contributed by atoms with Gasteiger partial charge in [-0.1, -0.05) is 52.9 Å². The third-order valence-electron chi connectivity index (χ3n) is 10.1. The van der Waals surface area contributed by atoms with Crippen LogP contribution in [0.5, 0.6) is 5.75 Å².